The Balaban J connectivity index is 1.83. The van der Waals surface area contributed by atoms with Crippen LogP contribution in [0.3, 0.4) is 0 Å². The van der Waals surface area contributed by atoms with E-state index < -0.39 is 17.7 Å². The highest BCUT2D eigenvalue weighted by Gasteiger charge is 2.42. The van der Waals surface area contributed by atoms with Crippen LogP contribution < -0.4 is 0 Å². The summed E-state index contributed by atoms with van der Waals surface area (Å²) < 4.78 is 0. The number of hydrogen-bond donors (Lipinski definition) is 1. The molecule has 0 bridgehead atoms. The summed E-state index contributed by atoms with van der Waals surface area (Å²) in [4.78, 5) is 32.7. The molecule has 1 unspecified atom stereocenters. The molecule has 1 atom stereocenters. The highest BCUT2D eigenvalue weighted by Crippen LogP contribution is 2.36. The van der Waals surface area contributed by atoms with Gasteiger partial charge >= 0.3 is 0 Å². The maximum Gasteiger partial charge on any atom is 0.290 e. The Kier molecular flexibility index (Phi) is 4.94. The number of Topliss-reactive ketones (excluding diaryl/α,β-unsaturated/α-hetero) is 1. The van der Waals surface area contributed by atoms with Crippen molar-refractivity contribution < 1.29 is 14.7 Å². The molecule has 2 aliphatic heterocycles. The van der Waals surface area contributed by atoms with Crippen molar-refractivity contribution in [2.24, 2.45) is 0 Å². The van der Waals surface area contributed by atoms with E-state index in [9.17, 15) is 14.7 Å². The highest BCUT2D eigenvalue weighted by atomic mass is 16.3. The fourth-order valence-corrected chi connectivity index (χ4v) is 3.52. The minimum absolute atomic E-state index is 0.150. The van der Waals surface area contributed by atoms with E-state index in [0.29, 0.717) is 12.2 Å². The highest BCUT2D eigenvalue weighted by molar-refractivity contribution is 6.07. The van der Waals surface area contributed by atoms with Crippen molar-refractivity contribution >= 4 is 11.7 Å². The van der Waals surface area contributed by atoms with Gasteiger partial charge in [-0.05, 0) is 45.0 Å². The number of rotatable bonds is 5. The average molecular weight is 329 g/mol. The summed E-state index contributed by atoms with van der Waals surface area (Å²) in [5.41, 5.74) is 0.760. The lowest BCUT2D eigenvalue weighted by Crippen LogP contribution is -2.40. The van der Waals surface area contributed by atoms with Crippen molar-refractivity contribution in [1.82, 2.24) is 14.8 Å². The Morgan fingerprint density at radius 2 is 2.00 bits per heavy atom. The number of hydrogen-bond acceptors (Lipinski definition) is 5. The zero-order valence-electron chi connectivity index (χ0n) is 13.9. The topological polar surface area (TPSA) is 73.7 Å². The van der Waals surface area contributed by atoms with E-state index in [1.165, 1.54) is 26.2 Å². The molecule has 0 aromatic carbocycles. The van der Waals surface area contributed by atoms with Gasteiger partial charge in [-0.1, -0.05) is 12.5 Å². The van der Waals surface area contributed by atoms with E-state index in [1.807, 2.05) is 6.07 Å². The molecule has 6 nitrogen and oxygen atoms in total. The molecule has 1 aromatic heterocycles. The number of ketones is 1. The van der Waals surface area contributed by atoms with E-state index in [2.05, 4.69) is 9.88 Å². The standard InChI is InChI=1S/C18H23N3O3/c1-13(22)15-16(14-7-3-4-8-19-14)21(18(24)17(15)23)12-11-20-9-5-2-6-10-20/h3-4,7-8,16,23H,2,5-6,9-12H2,1H3. The average Bonchev–Trinajstić information content (AvgIpc) is 2.86. The lowest BCUT2D eigenvalue weighted by Gasteiger charge is -2.31. The minimum Gasteiger partial charge on any atom is -0.503 e. The SMILES string of the molecule is CC(=O)C1=C(O)C(=O)N(CCN2CCCCC2)C1c1ccccn1. The predicted octanol–water partition coefficient (Wildman–Crippen LogP) is 1.85. The quantitative estimate of drug-likeness (QED) is 0.892. The van der Waals surface area contributed by atoms with Crippen LogP contribution in [0.2, 0.25) is 0 Å². The van der Waals surface area contributed by atoms with E-state index in [0.717, 1.165) is 19.6 Å². The van der Waals surface area contributed by atoms with Crippen LogP contribution in [0.4, 0.5) is 0 Å². The van der Waals surface area contributed by atoms with Crippen molar-refractivity contribution in [2.45, 2.75) is 32.2 Å². The van der Waals surface area contributed by atoms with Crippen LogP contribution in [0.25, 0.3) is 0 Å². The van der Waals surface area contributed by atoms with Gasteiger partial charge in [0.25, 0.3) is 5.91 Å². The number of carbonyl (C=O) groups is 2. The number of amides is 1. The van der Waals surface area contributed by atoms with Gasteiger partial charge in [-0.25, -0.2) is 0 Å². The number of aromatic nitrogens is 1. The fourth-order valence-electron chi connectivity index (χ4n) is 3.52. The number of likely N-dealkylation sites (tertiary alicyclic amines) is 1. The summed E-state index contributed by atoms with van der Waals surface area (Å²) in [6.45, 7) is 4.67. The second kappa shape index (κ2) is 7.13. The first-order valence-electron chi connectivity index (χ1n) is 8.48. The van der Waals surface area contributed by atoms with Gasteiger partial charge in [-0.2, -0.15) is 0 Å². The Morgan fingerprint density at radius 3 is 2.62 bits per heavy atom. The predicted molar refractivity (Wildman–Crippen MR) is 89.3 cm³/mol. The van der Waals surface area contributed by atoms with Crippen LogP contribution in [-0.4, -0.2) is 57.8 Å². The third-order valence-electron chi connectivity index (χ3n) is 4.76. The maximum atomic E-state index is 12.5. The van der Waals surface area contributed by atoms with Crippen LogP contribution in [0.5, 0.6) is 0 Å². The largest absolute Gasteiger partial charge is 0.503 e. The molecule has 24 heavy (non-hydrogen) atoms. The molecular formula is C18H23N3O3. The van der Waals surface area contributed by atoms with Crippen molar-refractivity contribution in [1.29, 1.82) is 0 Å². The van der Waals surface area contributed by atoms with Gasteiger partial charge < -0.3 is 14.9 Å². The normalized spacial score (nSPS) is 22.3. The van der Waals surface area contributed by atoms with Crippen LogP contribution in [0.15, 0.2) is 35.7 Å². The Hall–Kier alpha value is -2.21. The van der Waals surface area contributed by atoms with Gasteiger partial charge in [0.1, 0.15) is 6.04 Å². The van der Waals surface area contributed by atoms with Gasteiger partial charge in [-0.3, -0.25) is 14.6 Å². The zero-order valence-corrected chi connectivity index (χ0v) is 13.9. The Bertz CT molecular complexity index is 651. The fraction of sp³-hybridized carbons (Fsp3) is 0.500. The van der Waals surface area contributed by atoms with Gasteiger partial charge in [0.05, 0.1) is 11.3 Å². The van der Waals surface area contributed by atoms with E-state index >= 15 is 0 Å². The number of nitrogens with zero attached hydrogens (tertiary/aromatic N) is 3. The second-order valence-electron chi connectivity index (χ2n) is 6.38. The summed E-state index contributed by atoms with van der Waals surface area (Å²) in [6.07, 6.45) is 5.25. The van der Waals surface area contributed by atoms with Gasteiger partial charge in [-0.15, -0.1) is 0 Å². The lowest BCUT2D eigenvalue weighted by atomic mass is 10.0. The first-order chi connectivity index (χ1) is 11.6. The van der Waals surface area contributed by atoms with Crippen LogP contribution >= 0.6 is 0 Å². The van der Waals surface area contributed by atoms with Gasteiger partial charge in [0.15, 0.2) is 11.5 Å². The zero-order chi connectivity index (χ0) is 17.1. The molecule has 0 saturated carbocycles. The van der Waals surface area contributed by atoms with Crippen molar-refractivity contribution in [3.8, 4) is 0 Å². The molecule has 0 radical (unpaired) electrons. The van der Waals surface area contributed by atoms with Crippen LogP contribution in [-0.2, 0) is 9.59 Å². The van der Waals surface area contributed by atoms with E-state index in [-0.39, 0.29) is 11.4 Å². The Morgan fingerprint density at radius 1 is 1.25 bits per heavy atom. The monoisotopic (exact) mass is 329 g/mol. The first-order valence-corrected chi connectivity index (χ1v) is 8.48. The second-order valence-corrected chi connectivity index (χ2v) is 6.38. The summed E-state index contributed by atoms with van der Waals surface area (Å²) in [5, 5.41) is 10.2. The summed E-state index contributed by atoms with van der Waals surface area (Å²) in [5.74, 6) is -1.21. The lowest BCUT2D eigenvalue weighted by molar-refractivity contribution is -0.129. The molecule has 6 heteroatoms. The molecule has 3 heterocycles. The molecule has 3 rings (SSSR count). The van der Waals surface area contributed by atoms with E-state index in [4.69, 9.17) is 0 Å². The molecule has 1 saturated heterocycles. The first kappa shape index (κ1) is 16.6. The number of carbonyl (C=O) groups excluding carboxylic acids is 2. The summed E-state index contributed by atoms with van der Waals surface area (Å²) in [7, 11) is 0. The van der Waals surface area contributed by atoms with Crippen LogP contribution in [0, 0.1) is 0 Å². The number of aliphatic hydroxyl groups is 1. The maximum absolute atomic E-state index is 12.5. The number of pyridine rings is 1. The van der Waals surface area contributed by atoms with Gasteiger partial charge in [0, 0.05) is 19.3 Å². The smallest absolute Gasteiger partial charge is 0.290 e. The molecule has 0 spiro atoms. The molecule has 0 aliphatic carbocycles. The Labute approximate surface area is 141 Å². The third kappa shape index (κ3) is 3.19. The molecule has 2 aliphatic rings. The van der Waals surface area contributed by atoms with E-state index in [1.54, 1.807) is 23.2 Å². The molecule has 1 amide bonds. The van der Waals surface area contributed by atoms with Crippen LogP contribution in [0.1, 0.15) is 37.9 Å². The molecular weight excluding hydrogens is 306 g/mol. The summed E-state index contributed by atoms with van der Waals surface area (Å²) in [6, 6.07) is 4.80. The van der Waals surface area contributed by atoms with Crippen molar-refractivity contribution in [2.75, 3.05) is 26.2 Å². The van der Waals surface area contributed by atoms with Gasteiger partial charge in [0.2, 0.25) is 0 Å². The van der Waals surface area contributed by atoms with Crippen molar-refractivity contribution in [3.63, 3.8) is 0 Å². The molecule has 1 N–H and O–H groups in total. The number of piperidine rings is 1. The number of aliphatic hydroxyl groups excluding tert-OH is 1. The minimum atomic E-state index is -0.596. The summed E-state index contributed by atoms with van der Waals surface area (Å²) >= 11 is 0. The molecule has 1 aromatic rings. The third-order valence-corrected chi connectivity index (χ3v) is 4.76. The van der Waals surface area contributed by atoms with Crippen molar-refractivity contribution in [3.05, 3.63) is 41.4 Å². The molecule has 1 fully saturated rings. The molecule has 128 valence electrons.